The molecule has 1 saturated carbocycles. The molecule has 1 fully saturated rings. The van der Waals surface area contributed by atoms with Gasteiger partial charge in [0.1, 0.15) is 0 Å². The van der Waals surface area contributed by atoms with Crippen LogP contribution < -0.4 is 5.32 Å². The second-order valence-corrected chi connectivity index (χ2v) is 6.34. The van der Waals surface area contributed by atoms with Gasteiger partial charge in [-0.3, -0.25) is 4.79 Å². The fraction of sp³-hybridized carbons (Fsp3) is 0.235. The van der Waals surface area contributed by atoms with E-state index in [2.05, 4.69) is 24.4 Å². The molecule has 0 unspecified atom stereocenters. The minimum absolute atomic E-state index is 0.151. The largest absolute Gasteiger partial charge is 0.325 e. The van der Waals surface area contributed by atoms with Gasteiger partial charge in [0.05, 0.1) is 5.69 Å². The molecule has 2 atom stereocenters. The molecule has 1 aliphatic carbocycles. The van der Waals surface area contributed by atoms with Crippen molar-refractivity contribution >= 4 is 23.4 Å². The molecule has 0 saturated heterocycles. The minimum Gasteiger partial charge on any atom is -0.325 e. The second kappa shape index (κ2) is 5.71. The van der Waals surface area contributed by atoms with E-state index in [-0.39, 0.29) is 11.8 Å². The van der Waals surface area contributed by atoms with Gasteiger partial charge in [-0.25, -0.2) is 0 Å². The number of amides is 1. The maximum absolute atomic E-state index is 12.1. The van der Waals surface area contributed by atoms with Crippen LogP contribution >= 0.6 is 11.8 Å². The quantitative estimate of drug-likeness (QED) is 0.899. The number of carbonyl (C=O) groups excluding carboxylic acids is 1. The Balaban J connectivity index is 1.76. The highest BCUT2D eigenvalue weighted by atomic mass is 32.2. The number of rotatable bonds is 4. The molecule has 0 spiro atoms. The first-order valence-electron chi connectivity index (χ1n) is 6.87. The van der Waals surface area contributed by atoms with Gasteiger partial charge in [-0.05, 0) is 36.6 Å². The van der Waals surface area contributed by atoms with Crippen molar-refractivity contribution in [1.29, 1.82) is 0 Å². The van der Waals surface area contributed by atoms with E-state index in [0.717, 1.165) is 17.0 Å². The van der Waals surface area contributed by atoms with Crippen LogP contribution in [0.25, 0.3) is 0 Å². The van der Waals surface area contributed by atoms with E-state index in [9.17, 15) is 4.79 Å². The number of hydrogen-bond donors (Lipinski definition) is 1. The molecule has 0 bridgehead atoms. The van der Waals surface area contributed by atoms with Crippen LogP contribution in [0.3, 0.4) is 0 Å². The summed E-state index contributed by atoms with van der Waals surface area (Å²) in [6, 6.07) is 18.2. The van der Waals surface area contributed by atoms with Crippen LogP contribution in [0.2, 0.25) is 0 Å². The smallest absolute Gasteiger partial charge is 0.227 e. The molecule has 2 aromatic carbocycles. The molecular formula is C17H17NOS. The highest BCUT2D eigenvalue weighted by Crippen LogP contribution is 2.39. The lowest BCUT2D eigenvalue weighted by molar-refractivity contribution is -0.117. The molecule has 2 nitrogen and oxygen atoms in total. The number of anilines is 1. The van der Waals surface area contributed by atoms with Gasteiger partial charge in [-0.2, -0.15) is 0 Å². The van der Waals surface area contributed by atoms with Crippen molar-refractivity contribution in [2.24, 2.45) is 11.8 Å². The maximum Gasteiger partial charge on any atom is 0.227 e. The third-order valence-corrected chi connectivity index (χ3v) is 4.65. The molecule has 1 N–H and O–H groups in total. The normalized spacial score (nSPS) is 20.4. The predicted molar refractivity (Wildman–Crippen MR) is 82.9 cm³/mol. The van der Waals surface area contributed by atoms with Crippen LogP contribution in [0.15, 0.2) is 64.4 Å². The number of hydrogen-bond acceptors (Lipinski definition) is 2. The van der Waals surface area contributed by atoms with E-state index >= 15 is 0 Å². The van der Waals surface area contributed by atoms with Crippen molar-refractivity contribution < 1.29 is 4.79 Å². The van der Waals surface area contributed by atoms with Crippen LogP contribution in [0.5, 0.6) is 0 Å². The summed E-state index contributed by atoms with van der Waals surface area (Å²) in [5.41, 5.74) is 0.908. The van der Waals surface area contributed by atoms with Gasteiger partial charge >= 0.3 is 0 Å². The van der Waals surface area contributed by atoms with Crippen LogP contribution in [-0.4, -0.2) is 5.91 Å². The third kappa shape index (κ3) is 3.05. The van der Waals surface area contributed by atoms with E-state index in [1.807, 2.05) is 42.5 Å². The van der Waals surface area contributed by atoms with Crippen molar-refractivity contribution in [3.63, 3.8) is 0 Å². The lowest BCUT2D eigenvalue weighted by Gasteiger charge is -2.10. The minimum atomic E-state index is 0.151. The van der Waals surface area contributed by atoms with Gasteiger partial charge in [0, 0.05) is 15.7 Å². The Labute approximate surface area is 123 Å². The summed E-state index contributed by atoms with van der Waals surface area (Å²) < 4.78 is 0. The van der Waals surface area contributed by atoms with Crippen molar-refractivity contribution in [2.75, 3.05) is 5.32 Å². The molecule has 2 aromatic rings. The second-order valence-electron chi connectivity index (χ2n) is 5.22. The van der Waals surface area contributed by atoms with Crippen LogP contribution in [-0.2, 0) is 4.79 Å². The molecule has 0 aromatic heterocycles. The number of benzene rings is 2. The van der Waals surface area contributed by atoms with E-state index in [0.29, 0.717) is 5.92 Å². The third-order valence-electron chi connectivity index (χ3n) is 3.56. The topological polar surface area (TPSA) is 29.1 Å². The number of carbonyl (C=O) groups is 1. The molecular weight excluding hydrogens is 266 g/mol. The Morgan fingerprint density at radius 3 is 2.45 bits per heavy atom. The zero-order chi connectivity index (χ0) is 13.9. The number of para-hydroxylation sites is 1. The van der Waals surface area contributed by atoms with Gasteiger partial charge in [-0.15, -0.1) is 0 Å². The summed E-state index contributed by atoms with van der Waals surface area (Å²) >= 11 is 1.67. The van der Waals surface area contributed by atoms with Crippen molar-refractivity contribution in [3.05, 3.63) is 54.6 Å². The summed E-state index contributed by atoms with van der Waals surface area (Å²) in [5, 5.41) is 3.06. The molecule has 1 amide bonds. The van der Waals surface area contributed by atoms with Crippen LogP contribution in [0.4, 0.5) is 5.69 Å². The molecule has 0 radical (unpaired) electrons. The van der Waals surface area contributed by atoms with Gasteiger partial charge in [0.2, 0.25) is 5.91 Å². The van der Waals surface area contributed by atoms with E-state index in [4.69, 9.17) is 0 Å². The monoisotopic (exact) mass is 283 g/mol. The Hall–Kier alpha value is -1.74. The summed E-state index contributed by atoms with van der Waals surface area (Å²) in [6.07, 6.45) is 1.01. The van der Waals surface area contributed by atoms with Gasteiger partial charge in [0.15, 0.2) is 0 Å². The highest BCUT2D eigenvalue weighted by molar-refractivity contribution is 7.99. The van der Waals surface area contributed by atoms with Crippen LogP contribution in [0, 0.1) is 11.8 Å². The summed E-state index contributed by atoms with van der Waals surface area (Å²) in [7, 11) is 0. The van der Waals surface area contributed by atoms with E-state index in [1.54, 1.807) is 11.8 Å². The number of nitrogens with one attached hydrogen (secondary N) is 1. The molecule has 20 heavy (non-hydrogen) atoms. The van der Waals surface area contributed by atoms with E-state index < -0.39 is 0 Å². The summed E-state index contributed by atoms with van der Waals surface area (Å²) in [4.78, 5) is 14.3. The van der Waals surface area contributed by atoms with Gasteiger partial charge < -0.3 is 5.32 Å². The summed E-state index contributed by atoms with van der Waals surface area (Å²) in [5.74, 6) is 0.882. The molecule has 102 valence electrons. The van der Waals surface area contributed by atoms with Crippen LogP contribution in [0.1, 0.15) is 13.3 Å². The first kappa shape index (κ1) is 13.3. The Morgan fingerprint density at radius 1 is 1.10 bits per heavy atom. The Kier molecular flexibility index (Phi) is 3.79. The lowest BCUT2D eigenvalue weighted by atomic mass is 10.3. The maximum atomic E-state index is 12.1. The molecule has 3 heteroatoms. The fourth-order valence-electron chi connectivity index (χ4n) is 2.19. The SMILES string of the molecule is C[C@H]1C[C@@H]1C(=O)Nc1ccccc1Sc1ccccc1. The predicted octanol–water partition coefficient (Wildman–Crippen LogP) is 4.43. The standard InChI is InChI=1S/C17H17NOS/c1-12-11-14(12)17(19)18-15-9-5-6-10-16(15)20-13-7-3-2-4-8-13/h2-10,12,14H,11H2,1H3,(H,18,19)/t12-,14-/m0/s1. The van der Waals surface area contributed by atoms with E-state index in [1.165, 1.54) is 4.90 Å². The zero-order valence-corrected chi connectivity index (χ0v) is 12.2. The average Bonchev–Trinajstić information content (AvgIpc) is 3.19. The van der Waals surface area contributed by atoms with Crippen molar-refractivity contribution in [3.8, 4) is 0 Å². The zero-order valence-electron chi connectivity index (χ0n) is 11.4. The first-order chi connectivity index (χ1) is 9.74. The van der Waals surface area contributed by atoms with Gasteiger partial charge in [0.25, 0.3) is 0 Å². The molecule has 0 heterocycles. The average molecular weight is 283 g/mol. The Bertz CT molecular complexity index is 611. The van der Waals surface area contributed by atoms with Crippen molar-refractivity contribution in [2.45, 2.75) is 23.1 Å². The molecule has 0 aliphatic heterocycles. The molecule has 3 rings (SSSR count). The fourth-order valence-corrected chi connectivity index (χ4v) is 3.11. The summed E-state index contributed by atoms with van der Waals surface area (Å²) in [6.45, 7) is 2.12. The van der Waals surface area contributed by atoms with Gasteiger partial charge in [-0.1, -0.05) is 49.0 Å². The Morgan fingerprint density at radius 2 is 1.75 bits per heavy atom. The van der Waals surface area contributed by atoms with Crippen molar-refractivity contribution in [1.82, 2.24) is 0 Å². The molecule has 1 aliphatic rings. The highest BCUT2D eigenvalue weighted by Gasteiger charge is 2.39. The lowest BCUT2D eigenvalue weighted by Crippen LogP contribution is -2.14. The first-order valence-corrected chi connectivity index (χ1v) is 7.68.